The van der Waals surface area contributed by atoms with E-state index in [2.05, 4.69) is 18.7 Å². The summed E-state index contributed by atoms with van der Waals surface area (Å²) in [5, 5.41) is -0.101. The number of likely N-dealkylation sites (tertiary alicyclic amines) is 1. The molecular formula is C8H17NO2S. The van der Waals surface area contributed by atoms with E-state index in [1.54, 1.807) is 0 Å². The molecular weight excluding hydrogens is 174 g/mol. The van der Waals surface area contributed by atoms with Crippen molar-refractivity contribution in [3.05, 3.63) is 0 Å². The summed E-state index contributed by atoms with van der Waals surface area (Å²) in [6.45, 7) is 6.78. The first-order valence-electron chi connectivity index (χ1n) is 4.31. The third-order valence-electron chi connectivity index (χ3n) is 2.15. The lowest BCUT2D eigenvalue weighted by molar-refractivity contribution is 0.165. The van der Waals surface area contributed by atoms with Gasteiger partial charge in [0, 0.05) is 25.9 Å². The maximum Gasteiger partial charge on any atom is 0.152 e. The fourth-order valence-electron chi connectivity index (χ4n) is 1.46. The zero-order valence-corrected chi connectivity index (χ0v) is 8.76. The van der Waals surface area contributed by atoms with Crippen LogP contribution in [0.4, 0.5) is 0 Å². The van der Waals surface area contributed by atoms with Crippen LogP contribution in [0.2, 0.25) is 0 Å². The molecule has 0 aromatic carbocycles. The summed E-state index contributed by atoms with van der Waals surface area (Å²) in [6, 6.07) is 0. The van der Waals surface area contributed by atoms with Crippen molar-refractivity contribution in [3.63, 3.8) is 0 Å². The molecule has 1 fully saturated rings. The third-order valence-corrected chi connectivity index (χ3v) is 3.66. The van der Waals surface area contributed by atoms with Crippen LogP contribution in [0.3, 0.4) is 0 Å². The van der Waals surface area contributed by atoms with E-state index in [4.69, 9.17) is 0 Å². The molecule has 0 bridgehead atoms. The van der Waals surface area contributed by atoms with Gasteiger partial charge in [0.05, 0.1) is 5.25 Å². The molecule has 0 N–H and O–H groups in total. The Morgan fingerprint density at radius 3 is 2.25 bits per heavy atom. The highest BCUT2D eigenvalue weighted by molar-refractivity contribution is 7.91. The van der Waals surface area contributed by atoms with E-state index in [1.807, 2.05) is 0 Å². The summed E-state index contributed by atoms with van der Waals surface area (Å²) < 4.78 is 22.0. The fourth-order valence-corrected chi connectivity index (χ4v) is 2.42. The molecule has 0 aliphatic carbocycles. The second-order valence-corrected chi connectivity index (χ2v) is 6.39. The van der Waals surface area contributed by atoms with Crippen molar-refractivity contribution in [1.82, 2.24) is 4.90 Å². The van der Waals surface area contributed by atoms with Crippen LogP contribution in [0, 0.1) is 5.92 Å². The van der Waals surface area contributed by atoms with Crippen LogP contribution in [0.25, 0.3) is 0 Å². The molecule has 0 spiro atoms. The van der Waals surface area contributed by atoms with Crippen molar-refractivity contribution in [2.45, 2.75) is 19.1 Å². The van der Waals surface area contributed by atoms with E-state index in [1.165, 1.54) is 6.26 Å². The molecule has 0 unspecified atom stereocenters. The maximum absolute atomic E-state index is 11.0. The zero-order valence-electron chi connectivity index (χ0n) is 7.95. The summed E-state index contributed by atoms with van der Waals surface area (Å²) in [7, 11) is -2.78. The average Bonchev–Trinajstić information content (AvgIpc) is 1.73. The summed E-state index contributed by atoms with van der Waals surface area (Å²) in [5.41, 5.74) is 0. The second-order valence-electron chi connectivity index (χ2n) is 4.06. The Kier molecular flexibility index (Phi) is 2.78. The minimum Gasteiger partial charge on any atom is -0.300 e. The van der Waals surface area contributed by atoms with Crippen LogP contribution in [-0.2, 0) is 9.84 Å². The Bertz CT molecular complexity index is 240. The largest absolute Gasteiger partial charge is 0.300 e. The SMILES string of the molecule is CC(C)CN1CC(S(C)(=O)=O)C1. The van der Waals surface area contributed by atoms with Gasteiger partial charge in [0.25, 0.3) is 0 Å². The van der Waals surface area contributed by atoms with E-state index in [-0.39, 0.29) is 5.25 Å². The maximum atomic E-state index is 11.0. The highest BCUT2D eigenvalue weighted by atomic mass is 32.2. The summed E-state index contributed by atoms with van der Waals surface area (Å²) in [4.78, 5) is 2.19. The van der Waals surface area contributed by atoms with Crippen LogP contribution in [0.15, 0.2) is 0 Å². The first kappa shape index (κ1) is 9.99. The first-order valence-corrected chi connectivity index (χ1v) is 6.26. The molecule has 72 valence electrons. The molecule has 1 saturated heterocycles. The molecule has 4 heteroatoms. The first-order chi connectivity index (χ1) is 5.39. The molecule has 12 heavy (non-hydrogen) atoms. The number of hydrogen-bond acceptors (Lipinski definition) is 3. The van der Waals surface area contributed by atoms with E-state index in [0.29, 0.717) is 5.92 Å². The number of hydrogen-bond donors (Lipinski definition) is 0. The minimum absolute atomic E-state index is 0.101. The Morgan fingerprint density at radius 2 is 1.92 bits per heavy atom. The van der Waals surface area contributed by atoms with Gasteiger partial charge in [-0.15, -0.1) is 0 Å². The molecule has 0 saturated carbocycles. The van der Waals surface area contributed by atoms with Gasteiger partial charge in [-0.1, -0.05) is 13.8 Å². The fraction of sp³-hybridized carbons (Fsp3) is 1.00. The molecule has 0 aromatic heterocycles. The average molecular weight is 191 g/mol. The van der Waals surface area contributed by atoms with Gasteiger partial charge in [-0.25, -0.2) is 8.42 Å². The van der Waals surface area contributed by atoms with Gasteiger partial charge in [0.1, 0.15) is 0 Å². The summed E-state index contributed by atoms with van der Waals surface area (Å²) >= 11 is 0. The highest BCUT2D eigenvalue weighted by Crippen LogP contribution is 2.16. The van der Waals surface area contributed by atoms with Crippen molar-refractivity contribution in [2.75, 3.05) is 25.9 Å². The van der Waals surface area contributed by atoms with Crippen LogP contribution in [0.1, 0.15) is 13.8 Å². The van der Waals surface area contributed by atoms with Crippen LogP contribution in [0.5, 0.6) is 0 Å². The van der Waals surface area contributed by atoms with Crippen LogP contribution >= 0.6 is 0 Å². The third kappa shape index (κ3) is 2.45. The van der Waals surface area contributed by atoms with Gasteiger partial charge in [0.2, 0.25) is 0 Å². The van der Waals surface area contributed by atoms with Crippen LogP contribution < -0.4 is 0 Å². The van der Waals surface area contributed by atoms with E-state index >= 15 is 0 Å². The Morgan fingerprint density at radius 1 is 1.42 bits per heavy atom. The smallest absolute Gasteiger partial charge is 0.152 e. The number of nitrogens with zero attached hydrogens (tertiary/aromatic N) is 1. The van der Waals surface area contributed by atoms with Gasteiger partial charge in [-0.2, -0.15) is 0 Å². The standard InChI is InChI=1S/C8H17NO2S/c1-7(2)4-9-5-8(6-9)12(3,10)11/h7-8H,4-6H2,1-3H3. The lowest BCUT2D eigenvalue weighted by Gasteiger charge is -2.38. The monoisotopic (exact) mass is 191 g/mol. The van der Waals surface area contributed by atoms with Gasteiger partial charge in [-0.3, -0.25) is 0 Å². The molecule has 1 rings (SSSR count). The van der Waals surface area contributed by atoms with Crippen molar-refractivity contribution in [2.24, 2.45) is 5.92 Å². The Hall–Kier alpha value is -0.0900. The molecule has 0 atom stereocenters. The predicted octanol–water partition coefficient (Wildman–Crippen LogP) is 0.371. The molecule has 3 nitrogen and oxygen atoms in total. The minimum atomic E-state index is -2.78. The molecule has 1 aliphatic heterocycles. The normalized spacial score (nSPS) is 21.3. The van der Waals surface area contributed by atoms with Gasteiger partial charge in [-0.05, 0) is 5.92 Å². The zero-order chi connectivity index (χ0) is 9.35. The molecule has 0 aromatic rings. The number of rotatable bonds is 3. The van der Waals surface area contributed by atoms with Gasteiger partial charge < -0.3 is 4.90 Å². The topological polar surface area (TPSA) is 37.4 Å². The quantitative estimate of drug-likeness (QED) is 0.647. The lowest BCUT2D eigenvalue weighted by atomic mass is 10.1. The van der Waals surface area contributed by atoms with Crippen molar-refractivity contribution in [1.29, 1.82) is 0 Å². The molecule has 1 aliphatic rings. The molecule has 0 radical (unpaired) electrons. The van der Waals surface area contributed by atoms with E-state index in [9.17, 15) is 8.42 Å². The molecule has 1 heterocycles. The predicted molar refractivity (Wildman–Crippen MR) is 49.9 cm³/mol. The lowest BCUT2D eigenvalue weighted by Crippen LogP contribution is -2.55. The van der Waals surface area contributed by atoms with Gasteiger partial charge in [0.15, 0.2) is 9.84 Å². The Labute approximate surface area is 74.7 Å². The molecule has 0 amide bonds. The highest BCUT2D eigenvalue weighted by Gasteiger charge is 2.34. The summed E-state index contributed by atoms with van der Waals surface area (Å²) in [5.74, 6) is 0.630. The second kappa shape index (κ2) is 3.34. The van der Waals surface area contributed by atoms with Crippen molar-refractivity contribution >= 4 is 9.84 Å². The van der Waals surface area contributed by atoms with Crippen molar-refractivity contribution in [3.8, 4) is 0 Å². The van der Waals surface area contributed by atoms with Crippen molar-refractivity contribution < 1.29 is 8.42 Å². The number of sulfone groups is 1. The summed E-state index contributed by atoms with van der Waals surface area (Å²) in [6.07, 6.45) is 1.32. The van der Waals surface area contributed by atoms with Gasteiger partial charge >= 0.3 is 0 Å². The van der Waals surface area contributed by atoms with E-state index < -0.39 is 9.84 Å². The Balaban J connectivity index is 2.30. The van der Waals surface area contributed by atoms with E-state index in [0.717, 1.165) is 19.6 Å². The van der Waals surface area contributed by atoms with Crippen LogP contribution in [-0.4, -0.2) is 44.5 Å².